The smallest absolute Gasteiger partial charge is 0.495 e. The van der Waals surface area contributed by atoms with E-state index in [1.165, 1.54) is 0 Å². The van der Waals surface area contributed by atoms with Crippen LogP contribution in [0.5, 0.6) is 5.75 Å². The van der Waals surface area contributed by atoms with Gasteiger partial charge in [-0.2, -0.15) is 0 Å². The minimum Gasteiger partial charge on any atom is -0.495 e. The highest BCUT2D eigenvalue weighted by Gasteiger charge is 2.52. The van der Waals surface area contributed by atoms with Crippen molar-refractivity contribution in [1.29, 1.82) is 0 Å². The molecule has 0 aliphatic carbocycles. The quantitative estimate of drug-likeness (QED) is 0.748. The number of aromatic nitrogens is 1. The summed E-state index contributed by atoms with van der Waals surface area (Å²) >= 11 is 0. The van der Waals surface area contributed by atoms with Gasteiger partial charge < -0.3 is 14.0 Å². The molecule has 1 aromatic rings. The molecule has 0 spiro atoms. The van der Waals surface area contributed by atoms with Crippen LogP contribution in [0.3, 0.4) is 0 Å². The largest absolute Gasteiger partial charge is 0.496 e. The van der Waals surface area contributed by atoms with Crippen molar-refractivity contribution >= 4 is 12.6 Å². The molecule has 0 bridgehead atoms. The topological polar surface area (TPSA) is 40.6 Å². The molecule has 18 heavy (non-hydrogen) atoms. The van der Waals surface area contributed by atoms with Crippen LogP contribution < -0.4 is 10.2 Å². The van der Waals surface area contributed by atoms with Crippen molar-refractivity contribution in [1.82, 2.24) is 4.98 Å². The van der Waals surface area contributed by atoms with E-state index in [0.717, 1.165) is 16.8 Å². The summed E-state index contributed by atoms with van der Waals surface area (Å²) in [5.41, 5.74) is 1.25. The molecular weight excluding hydrogens is 229 g/mol. The van der Waals surface area contributed by atoms with Gasteiger partial charge in [0.25, 0.3) is 0 Å². The first-order valence-corrected chi connectivity index (χ1v) is 6.12. The first kappa shape index (κ1) is 13.4. The van der Waals surface area contributed by atoms with Crippen LogP contribution in [0.25, 0.3) is 0 Å². The van der Waals surface area contributed by atoms with Crippen LogP contribution in [0.1, 0.15) is 33.3 Å². The van der Waals surface area contributed by atoms with Crippen molar-refractivity contribution in [3.8, 4) is 5.75 Å². The lowest BCUT2D eigenvalue weighted by Gasteiger charge is -2.32. The predicted molar refractivity (Wildman–Crippen MR) is 71.2 cm³/mol. The molecule has 1 aliphatic heterocycles. The van der Waals surface area contributed by atoms with Gasteiger partial charge in [-0.15, -0.1) is 0 Å². The second-order valence-corrected chi connectivity index (χ2v) is 5.64. The zero-order chi connectivity index (χ0) is 13.6. The van der Waals surface area contributed by atoms with E-state index in [2.05, 4.69) is 4.98 Å². The van der Waals surface area contributed by atoms with E-state index in [9.17, 15) is 0 Å². The minimum atomic E-state index is -0.391. The highest BCUT2D eigenvalue weighted by atomic mass is 16.7. The van der Waals surface area contributed by atoms with Crippen molar-refractivity contribution in [2.45, 2.75) is 45.8 Å². The molecule has 1 aliphatic rings. The highest BCUT2D eigenvalue weighted by Crippen LogP contribution is 2.36. The maximum atomic E-state index is 6.01. The summed E-state index contributed by atoms with van der Waals surface area (Å²) in [6.07, 6.45) is 3.48. The number of hydrogen-bond acceptors (Lipinski definition) is 4. The lowest BCUT2D eigenvalue weighted by molar-refractivity contribution is 0.00578. The average molecular weight is 249 g/mol. The Morgan fingerprint density at radius 3 is 2.17 bits per heavy atom. The molecule has 0 amide bonds. The van der Waals surface area contributed by atoms with Crippen LogP contribution >= 0.6 is 0 Å². The van der Waals surface area contributed by atoms with Crippen molar-refractivity contribution < 1.29 is 14.0 Å². The summed E-state index contributed by atoms with van der Waals surface area (Å²) in [5, 5.41) is 0. The number of nitrogens with zero attached hydrogens (tertiary/aromatic N) is 1. The lowest BCUT2D eigenvalue weighted by Crippen LogP contribution is -2.41. The van der Waals surface area contributed by atoms with Crippen LogP contribution in [-0.2, 0) is 9.31 Å². The van der Waals surface area contributed by atoms with Crippen molar-refractivity contribution in [3.63, 3.8) is 0 Å². The Morgan fingerprint density at radius 1 is 1.11 bits per heavy atom. The zero-order valence-electron chi connectivity index (χ0n) is 11.9. The minimum absolute atomic E-state index is 0.340. The van der Waals surface area contributed by atoms with Gasteiger partial charge in [0, 0.05) is 11.7 Å². The van der Waals surface area contributed by atoms with Crippen LogP contribution in [0, 0.1) is 6.92 Å². The Labute approximate surface area is 109 Å². The lowest BCUT2D eigenvalue weighted by atomic mass is 9.77. The van der Waals surface area contributed by atoms with E-state index in [1.54, 1.807) is 19.5 Å². The van der Waals surface area contributed by atoms with Crippen LogP contribution in [-0.4, -0.2) is 30.4 Å². The van der Waals surface area contributed by atoms with E-state index >= 15 is 0 Å². The van der Waals surface area contributed by atoms with Gasteiger partial charge in [0.2, 0.25) is 0 Å². The van der Waals surface area contributed by atoms with Gasteiger partial charge in [0.05, 0.1) is 24.5 Å². The van der Waals surface area contributed by atoms with Crippen LogP contribution in [0.2, 0.25) is 0 Å². The molecule has 0 radical (unpaired) electrons. The third-order valence-corrected chi connectivity index (χ3v) is 3.94. The molecule has 4 nitrogen and oxygen atoms in total. The normalized spacial score (nSPS) is 21.1. The monoisotopic (exact) mass is 249 g/mol. The maximum Gasteiger partial charge on any atom is 0.496 e. The summed E-state index contributed by atoms with van der Waals surface area (Å²) in [6.45, 7) is 10.1. The van der Waals surface area contributed by atoms with E-state index in [4.69, 9.17) is 14.0 Å². The van der Waals surface area contributed by atoms with E-state index < -0.39 is 7.12 Å². The summed E-state index contributed by atoms with van der Waals surface area (Å²) in [5.74, 6) is 0.752. The van der Waals surface area contributed by atoms with Crippen molar-refractivity contribution in [3.05, 3.63) is 18.0 Å². The molecule has 98 valence electrons. The van der Waals surface area contributed by atoms with Gasteiger partial charge in [-0.05, 0) is 40.2 Å². The molecule has 0 N–H and O–H groups in total. The number of methoxy groups -OCH3 is 1. The Bertz CT molecular complexity index is 444. The third kappa shape index (κ3) is 2.02. The molecule has 2 rings (SSSR count). The fourth-order valence-corrected chi connectivity index (χ4v) is 1.93. The SMILES string of the molecule is COc1cncc(B2OC(C)(C)C(C)(C)O2)c1C. The standard InChI is InChI=1S/C13H20BNO3/c1-9-10(7-15-8-11(9)16-6)14-17-12(2,3)13(4,5)18-14/h7-8H,1-6H3. The van der Waals surface area contributed by atoms with Gasteiger partial charge in [-0.25, -0.2) is 0 Å². The molecule has 0 saturated carbocycles. The molecular formula is C13H20BNO3. The first-order chi connectivity index (χ1) is 8.28. The van der Waals surface area contributed by atoms with Crippen LogP contribution in [0.4, 0.5) is 0 Å². The molecule has 1 aromatic heterocycles. The van der Waals surface area contributed by atoms with E-state index in [1.807, 2.05) is 34.6 Å². The van der Waals surface area contributed by atoms with Gasteiger partial charge >= 0.3 is 7.12 Å². The van der Waals surface area contributed by atoms with E-state index in [0.29, 0.717) is 0 Å². The fraction of sp³-hybridized carbons (Fsp3) is 0.615. The third-order valence-electron chi connectivity index (χ3n) is 3.94. The predicted octanol–water partition coefficient (Wildman–Crippen LogP) is 1.70. The number of rotatable bonds is 2. The van der Waals surface area contributed by atoms with Crippen molar-refractivity contribution in [2.24, 2.45) is 0 Å². The fourth-order valence-electron chi connectivity index (χ4n) is 1.93. The van der Waals surface area contributed by atoms with Gasteiger partial charge in [0.15, 0.2) is 0 Å². The van der Waals surface area contributed by atoms with Gasteiger partial charge in [-0.1, -0.05) is 0 Å². The Kier molecular flexibility index (Phi) is 3.15. The molecule has 0 atom stereocenters. The molecule has 1 saturated heterocycles. The Hall–Kier alpha value is -1.07. The zero-order valence-corrected chi connectivity index (χ0v) is 11.9. The average Bonchev–Trinajstić information content (AvgIpc) is 2.48. The van der Waals surface area contributed by atoms with Crippen LogP contribution in [0.15, 0.2) is 12.4 Å². The number of hydrogen-bond donors (Lipinski definition) is 0. The van der Waals surface area contributed by atoms with Crippen molar-refractivity contribution in [2.75, 3.05) is 7.11 Å². The first-order valence-electron chi connectivity index (χ1n) is 6.12. The number of pyridine rings is 1. The summed E-state index contributed by atoms with van der Waals surface area (Å²) in [6, 6.07) is 0. The molecule has 2 heterocycles. The second-order valence-electron chi connectivity index (χ2n) is 5.64. The summed E-state index contributed by atoms with van der Waals surface area (Å²) in [7, 11) is 1.25. The van der Waals surface area contributed by atoms with Gasteiger partial charge in [-0.3, -0.25) is 4.98 Å². The Balaban J connectivity index is 2.35. The second kappa shape index (κ2) is 4.25. The van der Waals surface area contributed by atoms with E-state index in [-0.39, 0.29) is 11.2 Å². The maximum absolute atomic E-state index is 6.01. The summed E-state index contributed by atoms with van der Waals surface area (Å²) in [4.78, 5) is 4.17. The highest BCUT2D eigenvalue weighted by molar-refractivity contribution is 6.62. The Morgan fingerprint density at radius 2 is 1.67 bits per heavy atom. The van der Waals surface area contributed by atoms with Gasteiger partial charge in [0.1, 0.15) is 5.75 Å². The molecule has 5 heteroatoms. The molecule has 0 unspecified atom stereocenters. The number of ether oxygens (including phenoxy) is 1. The molecule has 1 fully saturated rings. The summed E-state index contributed by atoms with van der Waals surface area (Å²) < 4.78 is 17.3. The molecule has 0 aromatic carbocycles.